The van der Waals surface area contributed by atoms with Gasteiger partial charge in [0, 0.05) is 12.5 Å². The van der Waals surface area contributed by atoms with Crippen molar-refractivity contribution < 1.29 is 28.0 Å². The van der Waals surface area contributed by atoms with Crippen molar-refractivity contribution in [1.29, 1.82) is 0 Å². The molecule has 0 saturated heterocycles. The van der Waals surface area contributed by atoms with Crippen LogP contribution in [-0.4, -0.2) is 39.5 Å². The molecule has 1 aliphatic rings. The number of sulfonamides is 1. The number of ether oxygens (including phenoxy) is 1. The molecule has 1 aliphatic carbocycles. The second kappa shape index (κ2) is 8.08. The zero-order valence-corrected chi connectivity index (χ0v) is 17.8. The monoisotopic (exact) mass is 432 g/mol. The van der Waals surface area contributed by atoms with Gasteiger partial charge in [-0.25, -0.2) is 13.9 Å². The van der Waals surface area contributed by atoms with Gasteiger partial charge in [-0.05, 0) is 61.7 Å². The quantitative estimate of drug-likeness (QED) is 0.488. The van der Waals surface area contributed by atoms with Crippen LogP contribution in [0, 0.1) is 11.3 Å². The number of anilines is 1. The minimum atomic E-state index is -3.75. The molecule has 0 aromatic heterocycles. The van der Waals surface area contributed by atoms with E-state index >= 15 is 0 Å². The highest BCUT2D eigenvalue weighted by Crippen LogP contribution is 2.55. The number of hydrogen-bond donors (Lipinski definition) is 2. The fraction of sp³-hybridized carbons (Fsp3) is 0.333. The van der Waals surface area contributed by atoms with Gasteiger partial charge >= 0.3 is 0 Å². The highest BCUT2D eigenvalue weighted by Gasteiger charge is 2.61. The zero-order valence-electron chi connectivity index (χ0n) is 17.0. The topological polar surface area (TPSA) is 113 Å². The summed E-state index contributed by atoms with van der Waals surface area (Å²) in [5.41, 5.74) is 2.06. The van der Waals surface area contributed by atoms with Crippen molar-refractivity contribution in [3.8, 4) is 5.75 Å². The average Bonchev–Trinajstić information content (AvgIpc) is 3.48. The molecule has 30 heavy (non-hydrogen) atoms. The summed E-state index contributed by atoms with van der Waals surface area (Å²) in [6.07, 6.45) is 0.720. The summed E-state index contributed by atoms with van der Waals surface area (Å²) in [5.74, 6) is -0.669. The number of methoxy groups -OCH3 is 1. The second-order valence-electron chi connectivity index (χ2n) is 7.44. The molecule has 2 N–H and O–H groups in total. The summed E-state index contributed by atoms with van der Waals surface area (Å²) >= 11 is 0. The van der Waals surface area contributed by atoms with E-state index < -0.39 is 27.3 Å². The average molecular weight is 432 g/mol. The normalized spacial score (nSPS) is 20.3. The van der Waals surface area contributed by atoms with Crippen molar-refractivity contribution in [3.63, 3.8) is 0 Å². The Labute approximate surface area is 175 Å². The number of hydrogen-bond acceptors (Lipinski definition) is 6. The lowest BCUT2D eigenvalue weighted by molar-refractivity contribution is -0.134. The summed E-state index contributed by atoms with van der Waals surface area (Å²) in [6, 6.07) is 12.9. The van der Waals surface area contributed by atoms with E-state index in [0.717, 1.165) is 5.56 Å². The van der Waals surface area contributed by atoms with E-state index in [2.05, 4.69) is 0 Å². The van der Waals surface area contributed by atoms with Crippen LogP contribution in [0.15, 0.2) is 53.4 Å². The van der Waals surface area contributed by atoms with Crippen LogP contribution in [0.1, 0.15) is 18.9 Å². The highest BCUT2D eigenvalue weighted by atomic mass is 32.2. The van der Waals surface area contributed by atoms with Crippen LogP contribution < -0.4 is 14.5 Å². The SMILES string of the molecule is COc1ccc(S(=O)(=O)N(C)c2ccc(C[C@]3(C(C)=O)CC3C(=O)NO)cc2)cc1. The molecular formula is C21H24N2O6S. The highest BCUT2D eigenvalue weighted by molar-refractivity contribution is 7.92. The Morgan fingerprint density at radius 1 is 1.17 bits per heavy atom. The molecule has 0 spiro atoms. The van der Waals surface area contributed by atoms with Crippen molar-refractivity contribution in [1.82, 2.24) is 5.48 Å². The Balaban J connectivity index is 1.78. The van der Waals surface area contributed by atoms with Gasteiger partial charge in [-0.1, -0.05) is 12.1 Å². The number of nitrogens with one attached hydrogen (secondary N) is 1. The lowest BCUT2D eigenvalue weighted by Crippen LogP contribution is -2.28. The Hall–Kier alpha value is -2.91. The number of hydroxylamine groups is 1. The molecule has 0 heterocycles. The summed E-state index contributed by atoms with van der Waals surface area (Å²) in [5, 5.41) is 8.84. The Bertz CT molecular complexity index is 1050. The Kier molecular flexibility index (Phi) is 5.87. The molecule has 2 atom stereocenters. The number of nitrogens with zero attached hydrogens (tertiary/aromatic N) is 1. The van der Waals surface area contributed by atoms with Crippen LogP contribution >= 0.6 is 0 Å². The Morgan fingerprint density at radius 2 is 1.77 bits per heavy atom. The van der Waals surface area contributed by atoms with Gasteiger partial charge in [0.1, 0.15) is 11.5 Å². The van der Waals surface area contributed by atoms with Crippen LogP contribution in [0.4, 0.5) is 5.69 Å². The zero-order chi connectivity index (χ0) is 22.1. The maximum Gasteiger partial charge on any atom is 0.264 e. The first kappa shape index (κ1) is 21.8. The van der Waals surface area contributed by atoms with Crippen molar-refractivity contribution >= 4 is 27.4 Å². The summed E-state index contributed by atoms with van der Waals surface area (Å²) in [6.45, 7) is 1.44. The molecule has 9 heteroatoms. The number of ketones is 1. The fourth-order valence-electron chi connectivity index (χ4n) is 3.67. The maximum atomic E-state index is 12.9. The number of carbonyl (C=O) groups is 2. The van der Waals surface area contributed by atoms with E-state index in [4.69, 9.17) is 9.94 Å². The summed E-state index contributed by atoms with van der Waals surface area (Å²) in [7, 11) is -0.773. The van der Waals surface area contributed by atoms with E-state index in [1.807, 2.05) is 0 Å². The second-order valence-corrected chi connectivity index (χ2v) is 9.41. The van der Waals surface area contributed by atoms with Crippen molar-refractivity contribution in [3.05, 3.63) is 54.1 Å². The van der Waals surface area contributed by atoms with Gasteiger partial charge in [0.15, 0.2) is 0 Å². The van der Waals surface area contributed by atoms with Gasteiger partial charge in [0.25, 0.3) is 10.0 Å². The van der Waals surface area contributed by atoms with E-state index in [-0.39, 0.29) is 10.7 Å². The van der Waals surface area contributed by atoms with Crippen molar-refractivity contribution in [2.45, 2.75) is 24.7 Å². The van der Waals surface area contributed by atoms with Crippen LogP contribution in [0.5, 0.6) is 5.75 Å². The van der Waals surface area contributed by atoms with Gasteiger partial charge in [-0.3, -0.25) is 19.1 Å². The third-order valence-corrected chi connectivity index (χ3v) is 7.54. The predicted molar refractivity (Wildman–Crippen MR) is 110 cm³/mol. The molecule has 0 radical (unpaired) electrons. The molecule has 1 amide bonds. The molecule has 0 bridgehead atoms. The number of amides is 1. The van der Waals surface area contributed by atoms with E-state index in [1.54, 1.807) is 41.9 Å². The first-order valence-corrected chi connectivity index (χ1v) is 10.8. The lowest BCUT2D eigenvalue weighted by atomic mass is 9.90. The molecule has 2 aromatic rings. The molecule has 0 aliphatic heterocycles. The van der Waals surface area contributed by atoms with Gasteiger partial charge in [0.05, 0.1) is 23.6 Å². The molecule has 8 nitrogen and oxygen atoms in total. The molecule has 3 rings (SSSR count). The van der Waals surface area contributed by atoms with E-state index in [1.165, 1.54) is 37.5 Å². The predicted octanol–water partition coefficient (Wildman–Crippen LogP) is 2.16. The smallest absolute Gasteiger partial charge is 0.264 e. The standard InChI is InChI=1S/C21H24N2O6S/c1-14(24)21(13-19(21)20(25)22-26)12-15-4-6-16(7-5-15)23(2)30(27,28)18-10-8-17(29-3)9-11-18/h4-11,19,26H,12-13H2,1-3H3,(H,22,25)/t19?,21-/m1/s1. The van der Waals surface area contributed by atoms with Crippen LogP contribution in [0.25, 0.3) is 0 Å². The van der Waals surface area contributed by atoms with Gasteiger partial charge in [0.2, 0.25) is 5.91 Å². The summed E-state index contributed by atoms with van der Waals surface area (Å²) < 4.78 is 32.0. The summed E-state index contributed by atoms with van der Waals surface area (Å²) in [4.78, 5) is 24.0. The number of benzene rings is 2. The minimum absolute atomic E-state index is 0.112. The first-order chi connectivity index (χ1) is 14.2. The van der Waals surface area contributed by atoms with Gasteiger partial charge in [-0.2, -0.15) is 0 Å². The first-order valence-electron chi connectivity index (χ1n) is 9.32. The van der Waals surface area contributed by atoms with Crippen LogP contribution in [0.3, 0.4) is 0 Å². The molecule has 1 fully saturated rings. The Morgan fingerprint density at radius 3 is 2.27 bits per heavy atom. The van der Waals surface area contributed by atoms with Crippen molar-refractivity contribution in [2.75, 3.05) is 18.5 Å². The molecular weight excluding hydrogens is 408 g/mol. The lowest BCUT2D eigenvalue weighted by Gasteiger charge is -2.20. The van der Waals surface area contributed by atoms with E-state index in [0.29, 0.717) is 24.3 Å². The molecule has 1 saturated carbocycles. The maximum absolute atomic E-state index is 12.9. The third-order valence-electron chi connectivity index (χ3n) is 5.74. The van der Waals surface area contributed by atoms with Gasteiger partial charge < -0.3 is 4.74 Å². The van der Waals surface area contributed by atoms with Crippen LogP contribution in [-0.2, 0) is 26.0 Å². The number of carbonyl (C=O) groups excluding carboxylic acids is 2. The van der Waals surface area contributed by atoms with Crippen LogP contribution in [0.2, 0.25) is 0 Å². The van der Waals surface area contributed by atoms with Gasteiger partial charge in [-0.15, -0.1) is 0 Å². The number of Topliss-reactive ketones (excluding diaryl/α,β-unsaturated/α-hetero) is 1. The molecule has 1 unspecified atom stereocenters. The van der Waals surface area contributed by atoms with Crippen molar-refractivity contribution in [2.24, 2.45) is 11.3 Å². The van der Waals surface area contributed by atoms with E-state index in [9.17, 15) is 18.0 Å². The largest absolute Gasteiger partial charge is 0.497 e. The molecule has 160 valence electrons. The third kappa shape index (κ3) is 3.90. The molecule has 2 aromatic carbocycles. The number of rotatable bonds is 8. The minimum Gasteiger partial charge on any atom is -0.497 e. The fourth-order valence-corrected chi connectivity index (χ4v) is 4.86.